The molecule has 29 heavy (non-hydrogen) atoms. The molecule has 0 bridgehead atoms. The zero-order valence-corrected chi connectivity index (χ0v) is 17.2. The molecule has 0 spiro atoms. The van der Waals surface area contributed by atoms with Gasteiger partial charge in [0.15, 0.2) is 0 Å². The van der Waals surface area contributed by atoms with Crippen LogP contribution in [0.4, 0.5) is 17.3 Å². The summed E-state index contributed by atoms with van der Waals surface area (Å²) in [6, 6.07) is 0. The number of carbonyl (C=O) groups is 1. The predicted octanol–water partition coefficient (Wildman–Crippen LogP) is 1.26. The van der Waals surface area contributed by atoms with Crippen LogP contribution in [0.15, 0.2) is 6.33 Å². The van der Waals surface area contributed by atoms with E-state index in [2.05, 4.69) is 9.97 Å². The third-order valence-electron chi connectivity index (χ3n) is 4.81. The third-order valence-corrected chi connectivity index (χ3v) is 4.81. The van der Waals surface area contributed by atoms with Gasteiger partial charge in [-0.3, -0.25) is 14.9 Å². The Hall–Kier alpha value is -2.53. The summed E-state index contributed by atoms with van der Waals surface area (Å²) in [6.07, 6.45) is 2.46. The minimum absolute atomic E-state index is 0.144. The quantitative estimate of drug-likeness (QED) is 0.299. The van der Waals surface area contributed by atoms with Crippen molar-refractivity contribution in [1.82, 2.24) is 9.97 Å². The molecule has 0 aromatic carbocycles. The van der Waals surface area contributed by atoms with Crippen molar-refractivity contribution < 1.29 is 23.9 Å². The summed E-state index contributed by atoms with van der Waals surface area (Å²) in [4.78, 5) is 35.4. The van der Waals surface area contributed by atoms with Crippen LogP contribution in [0, 0.1) is 16.0 Å². The lowest BCUT2D eigenvalue weighted by Gasteiger charge is -2.32. The van der Waals surface area contributed by atoms with E-state index in [1.54, 1.807) is 26.0 Å². The second kappa shape index (κ2) is 11.5. The minimum atomic E-state index is -0.450. The lowest BCUT2D eigenvalue weighted by atomic mass is 9.97. The van der Waals surface area contributed by atoms with Crippen LogP contribution in [0.3, 0.4) is 0 Å². The van der Waals surface area contributed by atoms with Gasteiger partial charge < -0.3 is 24.0 Å². The third kappa shape index (κ3) is 5.97. The van der Waals surface area contributed by atoms with Crippen molar-refractivity contribution in [3.05, 3.63) is 16.4 Å². The molecule has 1 aliphatic rings. The molecule has 1 aromatic rings. The van der Waals surface area contributed by atoms with Crippen LogP contribution in [-0.2, 0) is 19.0 Å². The van der Waals surface area contributed by atoms with Crippen LogP contribution >= 0.6 is 0 Å². The molecule has 1 saturated heterocycles. The summed E-state index contributed by atoms with van der Waals surface area (Å²) in [6.45, 7) is 4.74. The van der Waals surface area contributed by atoms with Gasteiger partial charge >= 0.3 is 11.7 Å². The van der Waals surface area contributed by atoms with E-state index < -0.39 is 4.92 Å². The molecule has 0 aliphatic carbocycles. The molecule has 0 saturated carbocycles. The summed E-state index contributed by atoms with van der Waals surface area (Å²) in [7, 11) is 3.14. The van der Waals surface area contributed by atoms with Gasteiger partial charge in [-0.2, -0.15) is 0 Å². The van der Waals surface area contributed by atoms with Crippen LogP contribution in [0.25, 0.3) is 0 Å². The number of methoxy groups -OCH3 is 2. The molecule has 1 fully saturated rings. The van der Waals surface area contributed by atoms with Crippen LogP contribution in [0.5, 0.6) is 0 Å². The number of hydrogen-bond donors (Lipinski definition) is 0. The zero-order chi connectivity index (χ0) is 21.2. The Morgan fingerprint density at radius 3 is 2.38 bits per heavy atom. The summed E-state index contributed by atoms with van der Waals surface area (Å²) in [5, 5.41) is 11.9. The molecule has 162 valence electrons. The lowest BCUT2D eigenvalue weighted by molar-refractivity contribution is -0.383. The Morgan fingerprint density at radius 2 is 1.86 bits per heavy atom. The van der Waals surface area contributed by atoms with E-state index in [1.165, 1.54) is 6.33 Å². The molecule has 0 radical (unpaired) electrons. The van der Waals surface area contributed by atoms with Gasteiger partial charge in [0, 0.05) is 40.4 Å². The summed E-state index contributed by atoms with van der Waals surface area (Å²) in [5.74, 6) is 0.102. The first kappa shape index (κ1) is 22.8. The fraction of sp³-hybridized carbons (Fsp3) is 0.722. The molecular formula is C18H29N5O6. The number of esters is 1. The summed E-state index contributed by atoms with van der Waals surface area (Å²) in [5.41, 5.74) is -0.144. The smallest absolute Gasteiger partial charge is 0.353 e. The van der Waals surface area contributed by atoms with Gasteiger partial charge in [-0.25, -0.2) is 9.97 Å². The largest absolute Gasteiger partial charge is 0.466 e. The second-order valence-electron chi connectivity index (χ2n) is 6.61. The van der Waals surface area contributed by atoms with Crippen LogP contribution in [0.1, 0.15) is 19.8 Å². The molecule has 11 heteroatoms. The molecule has 1 aromatic heterocycles. The Bertz CT molecular complexity index is 673. The molecule has 11 nitrogen and oxygen atoms in total. The van der Waals surface area contributed by atoms with Gasteiger partial charge in [0.1, 0.15) is 6.33 Å². The highest BCUT2D eigenvalue weighted by Crippen LogP contribution is 2.36. The van der Waals surface area contributed by atoms with Gasteiger partial charge in [-0.1, -0.05) is 0 Å². The van der Waals surface area contributed by atoms with E-state index >= 15 is 0 Å². The maximum atomic E-state index is 12.0. The van der Waals surface area contributed by atoms with Gasteiger partial charge in [-0.15, -0.1) is 0 Å². The van der Waals surface area contributed by atoms with Crippen molar-refractivity contribution in [2.75, 3.05) is 70.0 Å². The van der Waals surface area contributed by atoms with Crippen molar-refractivity contribution in [3.63, 3.8) is 0 Å². The van der Waals surface area contributed by atoms with Crippen molar-refractivity contribution >= 4 is 23.3 Å². The fourth-order valence-corrected chi connectivity index (χ4v) is 3.30. The van der Waals surface area contributed by atoms with Gasteiger partial charge in [0.05, 0.1) is 30.7 Å². The number of ether oxygens (including phenoxy) is 3. The monoisotopic (exact) mass is 411 g/mol. The maximum Gasteiger partial charge on any atom is 0.353 e. The van der Waals surface area contributed by atoms with E-state index in [-0.39, 0.29) is 29.2 Å². The van der Waals surface area contributed by atoms with Crippen molar-refractivity contribution in [2.45, 2.75) is 19.8 Å². The molecule has 0 amide bonds. The van der Waals surface area contributed by atoms with Crippen molar-refractivity contribution in [2.24, 2.45) is 5.92 Å². The van der Waals surface area contributed by atoms with E-state index in [9.17, 15) is 14.9 Å². The first-order valence-electron chi connectivity index (χ1n) is 9.67. The SMILES string of the molecule is CCOC(=O)C1CCN(c2ncnc(N(CCOC)CCOC)c2[N+](=O)[O-])CC1. The highest BCUT2D eigenvalue weighted by Gasteiger charge is 2.33. The number of piperidine rings is 1. The average Bonchev–Trinajstić information content (AvgIpc) is 2.73. The minimum Gasteiger partial charge on any atom is -0.466 e. The standard InChI is InChI=1S/C18H29N5O6/c1-4-29-18(24)14-5-7-21(8-6-14)16-15(23(25)26)17(20-13-19-16)22(9-11-27-2)10-12-28-3/h13-14H,4-12H2,1-3H3. The normalized spacial score (nSPS) is 14.7. The molecule has 0 atom stereocenters. The lowest BCUT2D eigenvalue weighted by Crippen LogP contribution is -2.38. The summed E-state index contributed by atoms with van der Waals surface area (Å²) >= 11 is 0. The number of hydrogen-bond acceptors (Lipinski definition) is 10. The first-order valence-corrected chi connectivity index (χ1v) is 9.67. The Balaban J connectivity index is 2.26. The number of carbonyl (C=O) groups excluding carboxylic acids is 1. The highest BCUT2D eigenvalue weighted by molar-refractivity contribution is 5.74. The number of anilines is 2. The van der Waals surface area contributed by atoms with Gasteiger partial charge in [0.2, 0.25) is 11.6 Å². The van der Waals surface area contributed by atoms with E-state index in [0.717, 1.165) is 0 Å². The molecule has 2 heterocycles. The zero-order valence-electron chi connectivity index (χ0n) is 17.2. The molecule has 2 rings (SSSR count). The number of nitrogens with zero attached hydrogens (tertiary/aromatic N) is 5. The van der Waals surface area contributed by atoms with Crippen LogP contribution in [0.2, 0.25) is 0 Å². The van der Waals surface area contributed by atoms with Gasteiger partial charge in [-0.05, 0) is 19.8 Å². The van der Waals surface area contributed by atoms with Gasteiger partial charge in [0.25, 0.3) is 0 Å². The number of nitro groups is 1. The molecule has 0 unspecified atom stereocenters. The van der Waals surface area contributed by atoms with Crippen molar-refractivity contribution in [3.8, 4) is 0 Å². The predicted molar refractivity (Wildman–Crippen MR) is 106 cm³/mol. The van der Waals surface area contributed by atoms with E-state index in [0.29, 0.717) is 58.8 Å². The molecule has 1 aliphatic heterocycles. The first-order chi connectivity index (χ1) is 14.0. The second-order valence-corrected chi connectivity index (χ2v) is 6.61. The maximum absolute atomic E-state index is 12.0. The van der Waals surface area contributed by atoms with E-state index in [1.807, 2.05) is 4.90 Å². The molecular weight excluding hydrogens is 382 g/mol. The van der Waals surface area contributed by atoms with E-state index in [4.69, 9.17) is 14.2 Å². The van der Waals surface area contributed by atoms with Crippen LogP contribution < -0.4 is 9.80 Å². The Labute approximate surface area is 170 Å². The van der Waals surface area contributed by atoms with Crippen LogP contribution in [-0.4, -0.2) is 81.1 Å². The highest BCUT2D eigenvalue weighted by atomic mass is 16.6. The Morgan fingerprint density at radius 1 is 1.24 bits per heavy atom. The average molecular weight is 411 g/mol. The fourth-order valence-electron chi connectivity index (χ4n) is 3.30. The Kier molecular flexibility index (Phi) is 9.00. The molecule has 0 N–H and O–H groups in total. The number of rotatable bonds is 11. The number of aromatic nitrogens is 2. The topological polar surface area (TPSA) is 120 Å². The summed E-state index contributed by atoms with van der Waals surface area (Å²) < 4.78 is 15.3. The van der Waals surface area contributed by atoms with Crippen molar-refractivity contribution in [1.29, 1.82) is 0 Å².